The van der Waals surface area contributed by atoms with Crippen LogP contribution >= 0.6 is 0 Å². The molecule has 8 heteroatoms. The minimum atomic E-state index is -0.890. The van der Waals surface area contributed by atoms with Crippen molar-refractivity contribution in [3.8, 4) is 5.75 Å². The largest absolute Gasteiger partial charge is 0.497 e. The maximum absolute atomic E-state index is 13.7. The maximum Gasteiger partial charge on any atom is 0.255 e. The number of amides is 2. The Hall–Kier alpha value is -4.53. The van der Waals surface area contributed by atoms with Crippen molar-refractivity contribution in [1.29, 1.82) is 0 Å². The summed E-state index contributed by atoms with van der Waals surface area (Å²) in [4.78, 5) is 33.0. The normalized spacial score (nSPS) is 16.0. The first-order valence-corrected chi connectivity index (χ1v) is 16.5. The van der Waals surface area contributed by atoms with E-state index in [4.69, 9.17) is 4.74 Å². The van der Waals surface area contributed by atoms with Crippen LogP contribution in [0, 0.1) is 0 Å². The molecule has 0 spiro atoms. The minimum Gasteiger partial charge on any atom is -0.497 e. The Morgan fingerprint density at radius 3 is 2.30 bits per heavy atom. The molecule has 0 unspecified atom stereocenters. The van der Waals surface area contributed by atoms with E-state index in [9.17, 15) is 14.7 Å². The lowest BCUT2D eigenvalue weighted by Crippen LogP contribution is -2.53. The number of aliphatic hydroxyl groups excluding tert-OH is 1. The molecule has 0 saturated heterocycles. The average Bonchev–Trinajstić information content (AvgIpc) is 3.13. The lowest BCUT2D eigenvalue weighted by molar-refractivity contribution is 0.0742. The molecular formula is C39H46N4O4. The number of carbonyl (C=O) groups is 2. The van der Waals surface area contributed by atoms with Crippen molar-refractivity contribution in [2.24, 2.45) is 0 Å². The Bertz CT molecular complexity index is 1610. The van der Waals surface area contributed by atoms with Crippen LogP contribution < -0.4 is 15.4 Å². The van der Waals surface area contributed by atoms with Gasteiger partial charge in [-0.1, -0.05) is 92.1 Å². The van der Waals surface area contributed by atoms with Gasteiger partial charge < -0.3 is 25.4 Å². The Morgan fingerprint density at radius 1 is 0.915 bits per heavy atom. The smallest absolute Gasteiger partial charge is 0.255 e. The van der Waals surface area contributed by atoms with Gasteiger partial charge in [0.05, 0.1) is 36.4 Å². The SMILES string of the molecule is COc1cccc(C2(NC[C@@H](O)[C@H](Cc3ccccc3)NC(=O)c3cncc(C(=O)N(C)[C@H](C)c4ccccc4)c3)CCCCC2)c1. The van der Waals surface area contributed by atoms with Gasteiger partial charge in [-0.2, -0.15) is 0 Å². The highest BCUT2D eigenvalue weighted by molar-refractivity contribution is 5.99. The number of ether oxygens (including phenoxy) is 1. The number of rotatable bonds is 13. The summed E-state index contributed by atoms with van der Waals surface area (Å²) < 4.78 is 5.52. The van der Waals surface area contributed by atoms with E-state index in [0.717, 1.165) is 48.1 Å². The molecule has 0 aliphatic heterocycles. The van der Waals surface area contributed by atoms with Gasteiger partial charge in [0.1, 0.15) is 5.75 Å². The van der Waals surface area contributed by atoms with E-state index in [1.54, 1.807) is 25.1 Å². The summed E-state index contributed by atoms with van der Waals surface area (Å²) in [6.07, 6.45) is 7.74. The molecule has 0 bridgehead atoms. The lowest BCUT2D eigenvalue weighted by Gasteiger charge is -2.40. The highest BCUT2D eigenvalue weighted by atomic mass is 16.5. The first-order chi connectivity index (χ1) is 22.8. The van der Waals surface area contributed by atoms with Gasteiger partial charge in [-0.05, 0) is 61.1 Å². The van der Waals surface area contributed by atoms with E-state index < -0.39 is 18.1 Å². The van der Waals surface area contributed by atoms with Gasteiger partial charge in [-0.25, -0.2) is 0 Å². The summed E-state index contributed by atoms with van der Waals surface area (Å²) in [6.45, 7) is 2.25. The first kappa shape index (κ1) is 33.8. The van der Waals surface area contributed by atoms with E-state index in [-0.39, 0.29) is 29.6 Å². The zero-order chi connectivity index (χ0) is 33.2. The summed E-state index contributed by atoms with van der Waals surface area (Å²) in [5, 5.41) is 18.5. The highest BCUT2D eigenvalue weighted by Crippen LogP contribution is 2.38. The number of nitrogens with zero attached hydrogens (tertiary/aromatic N) is 2. The monoisotopic (exact) mass is 634 g/mol. The van der Waals surface area contributed by atoms with Crippen LogP contribution in [-0.2, 0) is 12.0 Å². The average molecular weight is 635 g/mol. The Morgan fingerprint density at radius 2 is 1.60 bits per heavy atom. The molecule has 246 valence electrons. The van der Waals surface area contributed by atoms with E-state index in [0.29, 0.717) is 12.0 Å². The molecule has 8 nitrogen and oxygen atoms in total. The third-order valence-corrected chi connectivity index (χ3v) is 9.49. The van der Waals surface area contributed by atoms with Crippen molar-refractivity contribution < 1.29 is 19.4 Å². The molecule has 0 radical (unpaired) electrons. The zero-order valence-electron chi connectivity index (χ0n) is 27.6. The number of carbonyl (C=O) groups excluding carboxylic acids is 2. The zero-order valence-corrected chi connectivity index (χ0v) is 27.6. The molecule has 3 aromatic carbocycles. The van der Waals surface area contributed by atoms with Crippen molar-refractivity contribution in [3.05, 3.63) is 131 Å². The molecule has 1 saturated carbocycles. The fraction of sp³-hybridized carbons (Fsp3) is 0.359. The number of benzene rings is 3. The quantitative estimate of drug-likeness (QED) is 0.165. The van der Waals surface area contributed by atoms with Crippen LogP contribution in [0.5, 0.6) is 5.75 Å². The van der Waals surface area contributed by atoms with E-state index in [1.165, 1.54) is 18.8 Å². The molecule has 1 aliphatic rings. The number of nitrogens with one attached hydrogen (secondary N) is 2. The highest BCUT2D eigenvalue weighted by Gasteiger charge is 2.35. The predicted octanol–water partition coefficient (Wildman–Crippen LogP) is 6.07. The number of aromatic nitrogens is 1. The van der Waals surface area contributed by atoms with Gasteiger partial charge in [-0.15, -0.1) is 0 Å². The molecule has 2 amide bonds. The lowest BCUT2D eigenvalue weighted by atomic mass is 9.76. The molecule has 1 aromatic heterocycles. The summed E-state index contributed by atoms with van der Waals surface area (Å²) in [5.41, 5.74) is 3.44. The molecular weight excluding hydrogens is 588 g/mol. The first-order valence-electron chi connectivity index (χ1n) is 16.5. The summed E-state index contributed by atoms with van der Waals surface area (Å²) in [5.74, 6) is 0.175. The summed E-state index contributed by atoms with van der Waals surface area (Å²) >= 11 is 0. The number of pyridine rings is 1. The standard InChI is InChI=1S/C39H46N4O4/c1-28(30-16-9-5-10-17-30)43(2)38(46)32-23-31(25-40-26-32)37(45)42-35(22-29-14-7-4-8-15-29)36(44)27-41-39(20-11-6-12-21-39)33-18-13-19-34(24-33)47-3/h4-5,7-10,13-19,23-26,28,35-36,41,44H,6,11-12,20-22,27H2,1-3H3,(H,42,45)/t28-,35+,36-/m1/s1. The second-order valence-electron chi connectivity index (χ2n) is 12.6. The second kappa shape index (κ2) is 15.8. The fourth-order valence-electron chi connectivity index (χ4n) is 6.50. The number of aliphatic hydroxyl groups is 1. The molecule has 1 heterocycles. The molecule has 4 aromatic rings. The van der Waals surface area contributed by atoms with E-state index in [2.05, 4.69) is 27.8 Å². The van der Waals surface area contributed by atoms with Crippen LogP contribution in [0.3, 0.4) is 0 Å². The van der Waals surface area contributed by atoms with Gasteiger partial charge in [0.15, 0.2) is 0 Å². The Kier molecular flexibility index (Phi) is 11.4. The number of methoxy groups -OCH3 is 1. The van der Waals surface area contributed by atoms with Crippen LogP contribution in [0.25, 0.3) is 0 Å². The topological polar surface area (TPSA) is 104 Å². The van der Waals surface area contributed by atoms with Gasteiger partial charge >= 0.3 is 0 Å². The van der Waals surface area contributed by atoms with Gasteiger partial charge in [0, 0.05) is 31.5 Å². The fourth-order valence-corrected chi connectivity index (χ4v) is 6.50. The van der Waals surface area contributed by atoms with Crippen LogP contribution in [0.4, 0.5) is 0 Å². The number of hydrogen-bond donors (Lipinski definition) is 3. The molecule has 5 rings (SSSR count). The van der Waals surface area contributed by atoms with E-state index in [1.807, 2.05) is 79.7 Å². The third-order valence-electron chi connectivity index (χ3n) is 9.49. The third kappa shape index (κ3) is 8.44. The van der Waals surface area contributed by atoms with E-state index >= 15 is 0 Å². The molecule has 3 atom stereocenters. The molecule has 1 fully saturated rings. The Balaban J connectivity index is 1.33. The minimum absolute atomic E-state index is 0.163. The van der Waals surface area contributed by atoms with Crippen LogP contribution in [0.1, 0.15) is 82.5 Å². The molecule has 1 aliphatic carbocycles. The Labute approximate surface area is 278 Å². The van der Waals surface area contributed by atoms with Crippen molar-refractivity contribution in [1.82, 2.24) is 20.5 Å². The van der Waals surface area contributed by atoms with Crippen LogP contribution in [-0.4, -0.2) is 59.7 Å². The van der Waals surface area contributed by atoms with Crippen molar-refractivity contribution >= 4 is 11.8 Å². The second-order valence-corrected chi connectivity index (χ2v) is 12.6. The molecule has 47 heavy (non-hydrogen) atoms. The van der Waals surface area contributed by atoms with Gasteiger partial charge in [0.2, 0.25) is 0 Å². The van der Waals surface area contributed by atoms with Crippen LogP contribution in [0.2, 0.25) is 0 Å². The van der Waals surface area contributed by atoms with Crippen LogP contribution in [0.15, 0.2) is 103 Å². The van der Waals surface area contributed by atoms with Crippen molar-refractivity contribution in [2.75, 3.05) is 20.7 Å². The van der Waals surface area contributed by atoms with Gasteiger partial charge in [0.25, 0.3) is 11.8 Å². The maximum atomic E-state index is 13.7. The summed E-state index contributed by atoms with van der Waals surface area (Å²) in [6, 6.07) is 28.6. The summed E-state index contributed by atoms with van der Waals surface area (Å²) in [7, 11) is 3.42. The van der Waals surface area contributed by atoms with Gasteiger partial charge in [-0.3, -0.25) is 14.6 Å². The van der Waals surface area contributed by atoms with Crippen molar-refractivity contribution in [2.45, 2.75) is 69.2 Å². The predicted molar refractivity (Wildman–Crippen MR) is 184 cm³/mol. The van der Waals surface area contributed by atoms with Crippen molar-refractivity contribution in [3.63, 3.8) is 0 Å². The number of hydrogen-bond acceptors (Lipinski definition) is 6. The molecule has 3 N–H and O–H groups in total.